The Morgan fingerprint density at radius 2 is 1.81 bits per heavy atom. The second kappa shape index (κ2) is 9.36. The molecule has 1 aromatic heterocycles. The van der Waals surface area contributed by atoms with Gasteiger partial charge in [0.2, 0.25) is 5.88 Å². The number of anilines is 2. The van der Waals surface area contributed by atoms with Crippen LogP contribution in [0.15, 0.2) is 0 Å². The molecule has 0 aliphatic carbocycles. The first kappa shape index (κ1) is 17.5. The van der Waals surface area contributed by atoms with Crippen LogP contribution in [0.4, 0.5) is 11.5 Å². The highest BCUT2D eigenvalue weighted by Gasteiger charge is 2.14. The minimum absolute atomic E-state index is 0.190. The number of ether oxygens (including phenoxy) is 3. The molecular formula is C14H26N4O3. The highest BCUT2D eigenvalue weighted by atomic mass is 16.5. The molecule has 21 heavy (non-hydrogen) atoms. The smallest absolute Gasteiger partial charge is 0.242 e. The van der Waals surface area contributed by atoms with Gasteiger partial charge in [-0.25, -0.2) is 4.98 Å². The Bertz CT molecular complexity index is 427. The molecule has 0 unspecified atom stereocenters. The first-order valence-corrected chi connectivity index (χ1v) is 7.12. The number of hydrogen-bond donors (Lipinski definition) is 2. The van der Waals surface area contributed by atoms with Crippen LogP contribution in [-0.4, -0.2) is 50.6 Å². The van der Waals surface area contributed by atoms with Crippen LogP contribution in [0.3, 0.4) is 0 Å². The Hall–Kier alpha value is -1.60. The van der Waals surface area contributed by atoms with Gasteiger partial charge in [-0.2, -0.15) is 4.98 Å². The third kappa shape index (κ3) is 5.73. The molecule has 0 spiro atoms. The van der Waals surface area contributed by atoms with Gasteiger partial charge in [0.1, 0.15) is 18.1 Å². The van der Waals surface area contributed by atoms with Gasteiger partial charge in [-0.3, -0.25) is 0 Å². The first-order valence-electron chi connectivity index (χ1n) is 7.12. The summed E-state index contributed by atoms with van der Waals surface area (Å²) in [6.07, 6.45) is 0.872. The Kier molecular flexibility index (Phi) is 7.78. The highest BCUT2D eigenvalue weighted by Crippen LogP contribution is 2.28. The summed E-state index contributed by atoms with van der Waals surface area (Å²) >= 11 is 0. The fourth-order valence-electron chi connectivity index (χ4n) is 1.61. The van der Waals surface area contributed by atoms with Crippen LogP contribution in [0.2, 0.25) is 0 Å². The van der Waals surface area contributed by atoms with Crippen molar-refractivity contribution in [2.45, 2.75) is 26.2 Å². The van der Waals surface area contributed by atoms with Crippen LogP contribution < -0.4 is 15.8 Å². The van der Waals surface area contributed by atoms with E-state index in [1.807, 2.05) is 13.8 Å². The largest absolute Gasteiger partial charge is 0.474 e. The maximum atomic E-state index is 6.06. The summed E-state index contributed by atoms with van der Waals surface area (Å²) < 4.78 is 15.6. The summed E-state index contributed by atoms with van der Waals surface area (Å²) in [6.45, 7) is 6.35. The van der Waals surface area contributed by atoms with Gasteiger partial charge in [0.25, 0.3) is 0 Å². The molecular weight excluding hydrogens is 272 g/mol. The SMILES string of the molecule is COCCCNc1nc(C(C)C)nc(OCCOC)c1N. The Morgan fingerprint density at radius 3 is 2.43 bits per heavy atom. The number of nitrogens with zero attached hydrogens (tertiary/aromatic N) is 2. The molecule has 1 aromatic rings. The minimum atomic E-state index is 0.190. The summed E-state index contributed by atoms with van der Waals surface area (Å²) in [7, 11) is 3.30. The van der Waals surface area contributed by atoms with Gasteiger partial charge in [-0.05, 0) is 6.42 Å². The maximum absolute atomic E-state index is 6.06. The van der Waals surface area contributed by atoms with E-state index < -0.39 is 0 Å². The van der Waals surface area contributed by atoms with Crippen molar-refractivity contribution in [3.05, 3.63) is 5.82 Å². The van der Waals surface area contributed by atoms with Crippen LogP contribution in [-0.2, 0) is 9.47 Å². The Morgan fingerprint density at radius 1 is 1.10 bits per heavy atom. The molecule has 0 aliphatic rings. The van der Waals surface area contributed by atoms with E-state index in [0.717, 1.165) is 13.0 Å². The van der Waals surface area contributed by atoms with Crippen LogP contribution in [0.25, 0.3) is 0 Å². The van der Waals surface area contributed by atoms with Crippen LogP contribution >= 0.6 is 0 Å². The fourth-order valence-corrected chi connectivity index (χ4v) is 1.61. The summed E-state index contributed by atoms with van der Waals surface area (Å²) in [5, 5.41) is 3.21. The van der Waals surface area contributed by atoms with Crippen molar-refractivity contribution in [3.63, 3.8) is 0 Å². The van der Waals surface area contributed by atoms with Gasteiger partial charge in [-0.1, -0.05) is 13.8 Å². The van der Waals surface area contributed by atoms with E-state index in [-0.39, 0.29) is 5.92 Å². The topological polar surface area (TPSA) is 91.5 Å². The quantitative estimate of drug-likeness (QED) is 0.635. The molecule has 0 fully saturated rings. The second-order valence-corrected chi connectivity index (χ2v) is 4.92. The normalized spacial score (nSPS) is 10.9. The minimum Gasteiger partial charge on any atom is -0.474 e. The molecule has 7 nitrogen and oxygen atoms in total. The summed E-state index contributed by atoms with van der Waals surface area (Å²) in [5.74, 6) is 1.90. The van der Waals surface area contributed by atoms with E-state index in [4.69, 9.17) is 19.9 Å². The lowest BCUT2D eigenvalue weighted by Crippen LogP contribution is -2.14. The molecule has 0 radical (unpaired) electrons. The number of aromatic nitrogens is 2. The first-order chi connectivity index (χ1) is 10.1. The number of hydrogen-bond acceptors (Lipinski definition) is 7. The van der Waals surface area contributed by atoms with Crippen molar-refractivity contribution in [1.82, 2.24) is 9.97 Å². The van der Waals surface area contributed by atoms with Crippen molar-refractivity contribution < 1.29 is 14.2 Å². The van der Waals surface area contributed by atoms with Crippen molar-refractivity contribution >= 4 is 11.5 Å². The van der Waals surface area contributed by atoms with E-state index in [2.05, 4.69) is 15.3 Å². The van der Waals surface area contributed by atoms with Gasteiger partial charge in [0.05, 0.1) is 6.61 Å². The number of nitrogens with one attached hydrogen (secondary N) is 1. The third-order valence-electron chi connectivity index (χ3n) is 2.79. The molecule has 0 atom stereocenters. The van der Waals surface area contributed by atoms with Gasteiger partial charge in [0.15, 0.2) is 5.82 Å². The zero-order valence-corrected chi connectivity index (χ0v) is 13.3. The van der Waals surface area contributed by atoms with Crippen molar-refractivity contribution in [2.75, 3.05) is 51.6 Å². The predicted molar refractivity (Wildman–Crippen MR) is 82.9 cm³/mol. The fraction of sp³-hybridized carbons (Fsp3) is 0.714. The van der Waals surface area contributed by atoms with E-state index >= 15 is 0 Å². The monoisotopic (exact) mass is 298 g/mol. The van der Waals surface area contributed by atoms with E-state index in [1.165, 1.54) is 0 Å². The molecule has 120 valence electrons. The standard InChI is InChI=1S/C14H26N4O3/c1-10(2)12-17-13(16-6-5-7-19-3)11(15)14(18-12)21-9-8-20-4/h10H,5-9,15H2,1-4H3,(H,16,17,18). The van der Waals surface area contributed by atoms with Crippen molar-refractivity contribution in [1.29, 1.82) is 0 Å². The summed E-state index contributed by atoms with van der Waals surface area (Å²) in [6, 6.07) is 0. The number of rotatable bonds is 10. The predicted octanol–water partition coefficient (Wildman–Crippen LogP) is 1.66. The Balaban J connectivity index is 2.83. The number of methoxy groups -OCH3 is 2. The lowest BCUT2D eigenvalue weighted by Gasteiger charge is -2.15. The van der Waals surface area contributed by atoms with Gasteiger partial charge in [-0.15, -0.1) is 0 Å². The molecule has 3 N–H and O–H groups in total. The third-order valence-corrected chi connectivity index (χ3v) is 2.79. The molecule has 0 amide bonds. The lowest BCUT2D eigenvalue weighted by molar-refractivity contribution is 0.144. The molecule has 7 heteroatoms. The second-order valence-electron chi connectivity index (χ2n) is 4.92. The zero-order chi connectivity index (χ0) is 15.7. The van der Waals surface area contributed by atoms with Gasteiger partial charge >= 0.3 is 0 Å². The van der Waals surface area contributed by atoms with Crippen LogP contribution in [0.5, 0.6) is 5.88 Å². The molecule has 0 aliphatic heterocycles. The zero-order valence-electron chi connectivity index (χ0n) is 13.3. The average molecular weight is 298 g/mol. The number of nitrogens with two attached hydrogens (primary N) is 1. The van der Waals surface area contributed by atoms with Crippen LogP contribution in [0.1, 0.15) is 32.0 Å². The molecule has 0 bridgehead atoms. The van der Waals surface area contributed by atoms with E-state index in [1.54, 1.807) is 14.2 Å². The average Bonchev–Trinajstić information content (AvgIpc) is 2.46. The lowest BCUT2D eigenvalue weighted by atomic mass is 10.2. The van der Waals surface area contributed by atoms with Crippen molar-refractivity contribution in [3.8, 4) is 5.88 Å². The molecule has 0 saturated heterocycles. The summed E-state index contributed by atoms with van der Waals surface area (Å²) in [5.41, 5.74) is 6.49. The molecule has 1 rings (SSSR count). The van der Waals surface area contributed by atoms with Crippen molar-refractivity contribution in [2.24, 2.45) is 0 Å². The Labute approximate surface area is 126 Å². The summed E-state index contributed by atoms with van der Waals surface area (Å²) in [4.78, 5) is 8.83. The van der Waals surface area contributed by atoms with Gasteiger partial charge in [0, 0.05) is 33.3 Å². The molecule has 0 aromatic carbocycles. The maximum Gasteiger partial charge on any atom is 0.242 e. The molecule has 1 heterocycles. The highest BCUT2D eigenvalue weighted by molar-refractivity contribution is 5.67. The number of nitrogen functional groups attached to an aromatic ring is 1. The van der Waals surface area contributed by atoms with E-state index in [0.29, 0.717) is 43.0 Å². The van der Waals surface area contributed by atoms with E-state index in [9.17, 15) is 0 Å². The molecule has 0 saturated carbocycles. The van der Waals surface area contributed by atoms with Gasteiger partial charge < -0.3 is 25.3 Å². The van der Waals surface area contributed by atoms with Crippen LogP contribution in [0, 0.1) is 0 Å².